The van der Waals surface area contributed by atoms with Gasteiger partial charge in [-0.25, -0.2) is 4.79 Å². The summed E-state index contributed by atoms with van der Waals surface area (Å²) >= 11 is 0. The van der Waals surface area contributed by atoms with E-state index in [0.29, 0.717) is 25.4 Å². The lowest BCUT2D eigenvalue weighted by atomic mass is 10.00. The maximum absolute atomic E-state index is 13.2. The molecular weight excluding hydrogens is 438 g/mol. The minimum atomic E-state index is -0.585. The second kappa shape index (κ2) is 12.2. The molecule has 0 saturated carbocycles. The number of ether oxygens (including phenoxy) is 1. The lowest BCUT2D eigenvalue weighted by Gasteiger charge is -2.35. The Hall–Kier alpha value is -2.86. The minimum Gasteiger partial charge on any atom is -0.444 e. The van der Waals surface area contributed by atoms with Gasteiger partial charge in [0.15, 0.2) is 0 Å². The molecule has 1 heterocycles. The zero-order chi connectivity index (χ0) is 25.4. The quantitative estimate of drug-likeness (QED) is 0.535. The van der Waals surface area contributed by atoms with Gasteiger partial charge in [-0.2, -0.15) is 0 Å². The highest BCUT2D eigenvalue weighted by molar-refractivity contribution is 5.86. The van der Waals surface area contributed by atoms with Gasteiger partial charge in [-0.05, 0) is 50.7 Å². The molecule has 0 spiro atoms. The first-order valence-electron chi connectivity index (χ1n) is 12.7. The monoisotopic (exact) mass is 479 g/mol. The molecule has 2 aromatic carbocycles. The van der Waals surface area contributed by atoms with Crippen LogP contribution in [0.4, 0.5) is 4.79 Å². The molecule has 2 amide bonds. The van der Waals surface area contributed by atoms with Crippen LogP contribution in [0.5, 0.6) is 0 Å². The highest BCUT2D eigenvalue weighted by Crippen LogP contribution is 2.22. The highest BCUT2D eigenvalue weighted by Gasteiger charge is 2.37. The van der Waals surface area contributed by atoms with Crippen molar-refractivity contribution >= 4 is 12.0 Å². The number of benzene rings is 2. The van der Waals surface area contributed by atoms with Gasteiger partial charge >= 0.3 is 6.09 Å². The summed E-state index contributed by atoms with van der Waals surface area (Å²) in [6, 6.07) is 20.5. The van der Waals surface area contributed by atoms with Crippen molar-refractivity contribution in [2.45, 2.75) is 78.2 Å². The summed E-state index contributed by atoms with van der Waals surface area (Å²) < 4.78 is 5.54. The van der Waals surface area contributed by atoms with Crippen LogP contribution in [0, 0.1) is 5.92 Å². The molecule has 1 aliphatic rings. The fraction of sp³-hybridized carbons (Fsp3) is 0.517. The molecule has 3 rings (SSSR count). The van der Waals surface area contributed by atoms with Gasteiger partial charge in [0.1, 0.15) is 11.6 Å². The van der Waals surface area contributed by atoms with E-state index in [1.165, 1.54) is 11.1 Å². The minimum absolute atomic E-state index is 0.0987. The summed E-state index contributed by atoms with van der Waals surface area (Å²) in [5, 5.41) is 3.18. The number of hydrogen-bond acceptors (Lipinski definition) is 4. The number of hydrogen-bond donors (Lipinski definition) is 1. The van der Waals surface area contributed by atoms with Crippen molar-refractivity contribution in [2.24, 2.45) is 5.92 Å². The standard InChI is InChI=1S/C29H41N3O3/c1-22(2)26(19-30-27(33)25-17-12-18-32(25)28(34)35-29(3,4)5)31(20-23-13-8-6-9-14-23)21-24-15-10-7-11-16-24/h6-11,13-16,22,25-26H,12,17-21H2,1-5H3,(H,30,33)/t25-,26+/m0/s1. The SMILES string of the molecule is CC(C)[C@@H](CNC(=O)[C@@H]1CCCN1C(=O)OC(C)(C)C)N(Cc1ccccc1)Cc1ccccc1. The van der Waals surface area contributed by atoms with E-state index in [9.17, 15) is 9.59 Å². The number of likely N-dealkylation sites (tertiary alicyclic amines) is 1. The van der Waals surface area contributed by atoms with Gasteiger partial charge in [0.05, 0.1) is 0 Å². The van der Waals surface area contributed by atoms with Crippen molar-refractivity contribution in [1.29, 1.82) is 0 Å². The Kier molecular flexibility index (Phi) is 9.33. The molecular formula is C29H41N3O3. The molecule has 1 N–H and O–H groups in total. The van der Waals surface area contributed by atoms with Gasteiger partial charge in [-0.1, -0.05) is 74.5 Å². The number of carbonyl (C=O) groups excluding carboxylic acids is 2. The van der Waals surface area contributed by atoms with E-state index in [0.717, 1.165) is 19.5 Å². The Morgan fingerprint density at radius 1 is 1.00 bits per heavy atom. The molecule has 0 bridgehead atoms. The van der Waals surface area contributed by atoms with Crippen LogP contribution < -0.4 is 5.32 Å². The Bertz CT molecular complexity index is 899. The lowest BCUT2D eigenvalue weighted by Crippen LogP contribution is -2.51. The summed E-state index contributed by atoms with van der Waals surface area (Å²) in [5.74, 6) is 0.228. The zero-order valence-electron chi connectivity index (χ0n) is 21.9. The normalized spacial score (nSPS) is 17.0. The average molecular weight is 480 g/mol. The number of rotatable bonds is 9. The smallest absolute Gasteiger partial charge is 0.410 e. The van der Waals surface area contributed by atoms with Gasteiger partial charge in [-0.15, -0.1) is 0 Å². The third-order valence-corrected chi connectivity index (χ3v) is 6.36. The van der Waals surface area contributed by atoms with Gasteiger partial charge in [-0.3, -0.25) is 14.6 Å². The molecule has 35 heavy (non-hydrogen) atoms. The van der Waals surface area contributed by atoms with Crippen molar-refractivity contribution in [3.63, 3.8) is 0 Å². The molecule has 1 saturated heterocycles. The molecule has 2 atom stereocenters. The van der Waals surface area contributed by atoms with Crippen LogP contribution in [0.3, 0.4) is 0 Å². The number of nitrogens with zero attached hydrogens (tertiary/aromatic N) is 2. The molecule has 190 valence electrons. The van der Waals surface area contributed by atoms with Crippen LogP contribution >= 0.6 is 0 Å². The van der Waals surface area contributed by atoms with E-state index in [-0.39, 0.29) is 11.9 Å². The molecule has 6 heteroatoms. The summed E-state index contributed by atoms with van der Waals surface area (Å²) in [5.41, 5.74) is 1.90. The van der Waals surface area contributed by atoms with Crippen LogP contribution in [0.1, 0.15) is 58.6 Å². The van der Waals surface area contributed by atoms with Gasteiger partial charge in [0.25, 0.3) is 0 Å². The Morgan fingerprint density at radius 3 is 2.03 bits per heavy atom. The maximum atomic E-state index is 13.2. The number of carbonyl (C=O) groups is 2. The van der Waals surface area contributed by atoms with Gasteiger partial charge in [0.2, 0.25) is 5.91 Å². The summed E-state index contributed by atoms with van der Waals surface area (Å²) in [6.07, 6.45) is 1.05. The Balaban J connectivity index is 1.71. The van der Waals surface area contributed by atoms with Crippen LogP contribution in [-0.2, 0) is 22.6 Å². The third kappa shape index (κ3) is 8.10. The molecule has 0 aromatic heterocycles. The van der Waals surface area contributed by atoms with E-state index in [1.807, 2.05) is 32.9 Å². The van der Waals surface area contributed by atoms with Crippen LogP contribution in [0.25, 0.3) is 0 Å². The van der Waals surface area contributed by atoms with Crippen LogP contribution in [-0.4, -0.2) is 52.6 Å². The first-order chi connectivity index (χ1) is 16.6. The van der Waals surface area contributed by atoms with Crippen molar-refractivity contribution < 1.29 is 14.3 Å². The maximum Gasteiger partial charge on any atom is 0.410 e. The van der Waals surface area contributed by atoms with Gasteiger partial charge in [0, 0.05) is 32.2 Å². The highest BCUT2D eigenvalue weighted by atomic mass is 16.6. The van der Waals surface area contributed by atoms with Gasteiger partial charge < -0.3 is 10.1 Å². The summed E-state index contributed by atoms with van der Waals surface area (Å²) in [7, 11) is 0. The first kappa shape index (κ1) is 26.7. The Labute approximate surface area is 210 Å². The second-order valence-corrected chi connectivity index (χ2v) is 10.8. The predicted molar refractivity (Wildman–Crippen MR) is 140 cm³/mol. The van der Waals surface area contributed by atoms with Crippen molar-refractivity contribution in [3.05, 3.63) is 71.8 Å². The molecule has 0 aliphatic carbocycles. The Morgan fingerprint density at radius 2 is 1.54 bits per heavy atom. The summed E-state index contributed by atoms with van der Waals surface area (Å²) in [4.78, 5) is 29.9. The second-order valence-electron chi connectivity index (χ2n) is 10.8. The van der Waals surface area contributed by atoms with E-state index in [2.05, 4.69) is 72.6 Å². The van der Waals surface area contributed by atoms with Crippen molar-refractivity contribution in [1.82, 2.24) is 15.1 Å². The number of nitrogens with one attached hydrogen (secondary N) is 1. The fourth-order valence-corrected chi connectivity index (χ4v) is 4.61. The van der Waals surface area contributed by atoms with Crippen molar-refractivity contribution in [3.8, 4) is 0 Å². The molecule has 6 nitrogen and oxygen atoms in total. The zero-order valence-corrected chi connectivity index (χ0v) is 21.9. The number of amides is 2. The van der Waals surface area contributed by atoms with E-state index in [1.54, 1.807) is 4.90 Å². The summed E-state index contributed by atoms with van der Waals surface area (Å²) in [6.45, 7) is 12.6. The fourth-order valence-electron chi connectivity index (χ4n) is 4.61. The largest absolute Gasteiger partial charge is 0.444 e. The molecule has 1 fully saturated rings. The first-order valence-corrected chi connectivity index (χ1v) is 12.7. The van der Waals surface area contributed by atoms with Crippen LogP contribution in [0.15, 0.2) is 60.7 Å². The molecule has 0 unspecified atom stereocenters. The average Bonchev–Trinajstić information content (AvgIpc) is 3.29. The van der Waals surface area contributed by atoms with E-state index >= 15 is 0 Å². The topological polar surface area (TPSA) is 61.9 Å². The van der Waals surface area contributed by atoms with Crippen molar-refractivity contribution in [2.75, 3.05) is 13.1 Å². The molecule has 1 aliphatic heterocycles. The molecule has 0 radical (unpaired) electrons. The predicted octanol–water partition coefficient (Wildman–Crippen LogP) is 5.23. The van der Waals surface area contributed by atoms with E-state index < -0.39 is 17.7 Å². The van der Waals surface area contributed by atoms with E-state index in [4.69, 9.17) is 4.74 Å². The molecule has 2 aromatic rings. The lowest BCUT2D eigenvalue weighted by molar-refractivity contribution is -0.125. The third-order valence-electron chi connectivity index (χ3n) is 6.36. The van der Waals surface area contributed by atoms with Crippen LogP contribution in [0.2, 0.25) is 0 Å².